The van der Waals surface area contributed by atoms with E-state index in [2.05, 4.69) is 48.3 Å². The van der Waals surface area contributed by atoms with E-state index in [-0.39, 0.29) is 0 Å². The van der Waals surface area contributed by atoms with Crippen molar-refractivity contribution in [1.29, 1.82) is 0 Å². The topological polar surface area (TPSA) is 15.3 Å². The van der Waals surface area contributed by atoms with Crippen LogP contribution in [0.15, 0.2) is 24.3 Å². The summed E-state index contributed by atoms with van der Waals surface area (Å²) in [7, 11) is 0. The number of rotatable bonds is 3. The van der Waals surface area contributed by atoms with Crippen LogP contribution >= 0.6 is 0 Å². The molecule has 1 aromatic rings. The van der Waals surface area contributed by atoms with Crippen molar-refractivity contribution in [3.63, 3.8) is 0 Å². The fourth-order valence-electron chi connectivity index (χ4n) is 2.45. The summed E-state index contributed by atoms with van der Waals surface area (Å²) in [6, 6.07) is 9.61. The number of aryl methyl sites for hydroxylation is 1. The Labute approximate surface area is 105 Å². The Bertz CT molecular complexity index is 331. The predicted molar refractivity (Wildman–Crippen MR) is 73.2 cm³/mol. The molecule has 0 spiro atoms. The molecule has 2 nitrogen and oxygen atoms in total. The Hall–Kier alpha value is -0.860. The Morgan fingerprint density at radius 1 is 1.29 bits per heavy atom. The van der Waals surface area contributed by atoms with Gasteiger partial charge in [-0.1, -0.05) is 36.8 Å². The van der Waals surface area contributed by atoms with Gasteiger partial charge in [0.1, 0.15) is 0 Å². The minimum absolute atomic E-state index is 0.669. The molecule has 94 valence electrons. The molecule has 0 bridgehead atoms. The van der Waals surface area contributed by atoms with Crippen molar-refractivity contribution < 1.29 is 0 Å². The van der Waals surface area contributed by atoms with Crippen LogP contribution in [0.4, 0.5) is 0 Å². The first-order chi connectivity index (χ1) is 8.28. The highest BCUT2D eigenvalue weighted by molar-refractivity contribution is 5.21. The molecular weight excluding hydrogens is 208 g/mol. The van der Waals surface area contributed by atoms with Gasteiger partial charge in [0, 0.05) is 19.1 Å². The molecule has 0 radical (unpaired) electrons. The highest BCUT2D eigenvalue weighted by Crippen LogP contribution is 2.10. The van der Waals surface area contributed by atoms with E-state index in [0.717, 1.165) is 6.54 Å². The summed E-state index contributed by atoms with van der Waals surface area (Å²) in [4.78, 5) is 2.58. The van der Waals surface area contributed by atoms with Crippen LogP contribution in [0.1, 0.15) is 30.9 Å². The van der Waals surface area contributed by atoms with Crippen LogP contribution in [0.25, 0.3) is 0 Å². The summed E-state index contributed by atoms with van der Waals surface area (Å²) in [6.07, 6.45) is 2.49. The minimum Gasteiger partial charge on any atom is -0.313 e. The van der Waals surface area contributed by atoms with E-state index < -0.39 is 0 Å². The lowest BCUT2D eigenvalue weighted by Gasteiger charge is -2.23. The molecular formula is C15H24N2. The molecule has 0 saturated carbocycles. The molecule has 1 aliphatic rings. The SMILES string of the molecule is CCC1CN(Cc2ccc(C)cc2)CCCN1. The molecule has 1 aliphatic heterocycles. The van der Waals surface area contributed by atoms with Crippen LogP contribution in [0.5, 0.6) is 0 Å². The van der Waals surface area contributed by atoms with E-state index >= 15 is 0 Å². The van der Waals surface area contributed by atoms with Gasteiger partial charge in [0.05, 0.1) is 0 Å². The van der Waals surface area contributed by atoms with Crippen molar-refractivity contribution in [1.82, 2.24) is 10.2 Å². The van der Waals surface area contributed by atoms with Crippen LogP contribution in [0.3, 0.4) is 0 Å². The molecule has 1 aromatic carbocycles. The van der Waals surface area contributed by atoms with Crippen molar-refractivity contribution in [2.45, 2.75) is 39.3 Å². The highest BCUT2D eigenvalue weighted by Gasteiger charge is 2.15. The third-order valence-electron chi connectivity index (χ3n) is 3.58. The number of benzene rings is 1. The largest absolute Gasteiger partial charge is 0.313 e. The van der Waals surface area contributed by atoms with E-state index in [9.17, 15) is 0 Å². The second-order valence-electron chi connectivity index (χ2n) is 5.13. The van der Waals surface area contributed by atoms with Gasteiger partial charge in [0.2, 0.25) is 0 Å². The zero-order valence-electron chi connectivity index (χ0n) is 11.1. The molecule has 0 amide bonds. The van der Waals surface area contributed by atoms with E-state index in [0.29, 0.717) is 6.04 Å². The lowest BCUT2D eigenvalue weighted by atomic mass is 10.1. The van der Waals surface area contributed by atoms with Gasteiger partial charge in [0.25, 0.3) is 0 Å². The summed E-state index contributed by atoms with van der Waals surface area (Å²) in [6.45, 7) is 9.09. The standard InChI is InChI=1S/C15H24N2/c1-3-15-12-17(10-4-9-16-15)11-14-7-5-13(2)6-8-14/h5-8,15-16H,3-4,9-12H2,1-2H3. The summed E-state index contributed by atoms with van der Waals surface area (Å²) in [5.74, 6) is 0. The van der Waals surface area contributed by atoms with E-state index in [4.69, 9.17) is 0 Å². The average molecular weight is 232 g/mol. The predicted octanol–water partition coefficient (Wildman–Crippen LogP) is 2.57. The number of nitrogens with one attached hydrogen (secondary N) is 1. The summed E-state index contributed by atoms with van der Waals surface area (Å²) >= 11 is 0. The Kier molecular flexibility index (Phi) is 4.57. The van der Waals surface area contributed by atoms with Gasteiger partial charge in [-0.2, -0.15) is 0 Å². The maximum atomic E-state index is 3.61. The van der Waals surface area contributed by atoms with Gasteiger partial charge in [-0.05, 0) is 38.4 Å². The van der Waals surface area contributed by atoms with Crippen LogP contribution in [0, 0.1) is 6.92 Å². The second-order valence-corrected chi connectivity index (χ2v) is 5.13. The zero-order chi connectivity index (χ0) is 12.1. The van der Waals surface area contributed by atoms with Crippen LogP contribution in [-0.2, 0) is 6.54 Å². The van der Waals surface area contributed by atoms with E-state index in [1.807, 2.05) is 0 Å². The lowest BCUT2D eigenvalue weighted by Crippen LogP contribution is -2.36. The summed E-state index contributed by atoms with van der Waals surface area (Å²) < 4.78 is 0. The monoisotopic (exact) mass is 232 g/mol. The highest BCUT2D eigenvalue weighted by atomic mass is 15.2. The summed E-state index contributed by atoms with van der Waals surface area (Å²) in [5.41, 5.74) is 2.78. The van der Waals surface area contributed by atoms with Gasteiger partial charge in [0.15, 0.2) is 0 Å². The van der Waals surface area contributed by atoms with Gasteiger partial charge < -0.3 is 5.32 Å². The fourth-order valence-corrected chi connectivity index (χ4v) is 2.45. The first-order valence-electron chi connectivity index (χ1n) is 6.79. The van der Waals surface area contributed by atoms with Crippen molar-refractivity contribution in [2.75, 3.05) is 19.6 Å². The Morgan fingerprint density at radius 3 is 2.76 bits per heavy atom. The van der Waals surface area contributed by atoms with Crippen LogP contribution in [-0.4, -0.2) is 30.6 Å². The molecule has 1 heterocycles. The Morgan fingerprint density at radius 2 is 2.06 bits per heavy atom. The number of nitrogens with zero attached hydrogens (tertiary/aromatic N) is 1. The molecule has 1 N–H and O–H groups in total. The zero-order valence-corrected chi connectivity index (χ0v) is 11.1. The smallest absolute Gasteiger partial charge is 0.0234 e. The molecule has 17 heavy (non-hydrogen) atoms. The van der Waals surface area contributed by atoms with Crippen LogP contribution in [0.2, 0.25) is 0 Å². The average Bonchev–Trinajstić information content (AvgIpc) is 2.57. The number of hydrogen-bond acceptors (Lipinski definition) is 2. The molecule has 1 fully saturated rings. The third kappa shape index (κ3) is 3.83. The summed E-state index contributed by atoms with van der Waals surface area (Å²) in [5, 5.41) is 3.61. The first kappa shape index (κ1) is 12.6. The lowest BCUT2D eigenvalue weighted by molar-refractivity contribution is 0.257. The molecule has 0 aliphatic carbocycles. The van der Waals surface area contributed by atoms with Crippen molar-refractivity contribution in [3.8, 4) is 0 Å². The Balaban J connectivity index is 1.94. The van der Waals surface area contributed by atoms with Crippen LogP contribution < -0.4 is 5.32 Å². The molecule has 1 atom stereocenters. The first-order valence-corrected chi connectivity index (χ1v) is 6.79. The third-order valence-corrected chi connectivity index (χ3v) is 3.58. The van der Waals surface area contributed by atoms with Crippen molar-refractivity contribution in [2.24, 2.45) is 0 Å². The molecule has 1 unspecified atom stereocenters. The molecule has 2 heteroatoms. The molecule has 2 rings (SSSR count). The fraction of sp³-hybridized carbons (Fsp3) is 0.600. The second kappa shape index (κ2) is 6.18. The maximum absolute atomic E-state index is 3.61. The molecule has 0 aromatic heterocycles. The normalized spacial score (nSPS) is 22.4. The van der Waals surface area contributed by atoms with E-state index in [1.165, 1.54) is 43.6 Å². The number of hydrogen-bond donors (Lipinski definition) is 1. The van der Waals surface area contributed by atoms with Gasteiger partial charge in [-0.15, -0.1) is 0 Å². The quantitative estimate of drug-likeness (QED) is 0.861. The van der Waals surface area contributed by atoms with Gasteiger partial charge in [-0.25, -0.2) is 0 Å². The van der Waals surface area contributed by atoms with Gasteiger partial charge in [-0.3, -0.25) is 4.90 Å². The van der Waals surface area contributed by atoms with Crippen molar-refractivity contribution >= 4 is 0 Å². The molecule has 1 saturated heterocycles. The minimum atomic E-state index is 0.669. The van der Waals surface area contributed by atoms with Crippen molar-refractivity contribution in [3.05, 3.63) is 35.4 Å². The maximum Gasteiger partial charge on any atom is 0.0234 e. The van der Waals surface area contributed by atoms with Gasteiger partial charge >= 0.3 is 0 Å². The van der Waals surface area contributed by atoms with E-state index in [1.54, 1.807) is 0 Å².